The fourth-order valence-corrected chi connectivity index (χ4v) is 3.56. The molecule has 0 aliphatic carbocycles. The highest BCUT2D eigenvalue weighted by Crippen LogP contribution is 2.22. The Labute approximate surface area is 201 Å². The molecule has 7 heteroatoms. The van der Waals surface area contributed by atoms with Crippen LogP contribution in [0.15, 0.2) is 72.8 Å². The molecular weight excluding hydrogens is 430 g/mol. The maximum atomic E-state index is 12.5. The van der Waals surface area contributed by atoms with Crippen LogP contribution >= 0.6 is 0 Å². The van der Waals surface area contributed by atoms with Crippen LogP contribution < -0.4 is 20.1 Å². The molecule has 0 radical (unpaired) electrons. The molecule has 0 fully saturated rings. The molecule has 3 rings (SSSR count). The Balaban J connectivity index is 1.50. The van der Waals surface area contributed by atoms with Crippen molar-refractivity contribution in [3.8, 4) is 11.5 Å². The van der Waals surface area contributed by atoms with Gasteiger partial charge in [-0.25, -0.2) is 4.79 Å². The molecule has 1 atom stereocenters. The topological polar surface area (TPSA) is 72.1 Å². The number of benzene rings is 3. The molecule has 7 nitrogen and oxygen atoms in total. The molecule has 34 heavy (non-hydrogen) atoms. The van der Waals surface area contributed by atoms with Crippen molar-refractivity contribution in [1.29, 1.82) is 0 Å². The fourth-order valence-electron chi connectivity index (χ4n) is 3.56. The zero-order valence-electron chi connectivity index (χ0n) is 20.2. The number of methoxy groups -OCH3 is 2. The van der Waals surface area contributed by atoms with Crippen LogP contribution in [0.2, 0.25) is 0 Å². The summed E-state index contributed by atoms with van der Waals surface area (Å²) in [5.74, 6) is 1.61. The predicted molar refractivity (Wildman–Crippen MR) is 134 cm³/mol. The lowest BCUT2D eigenvalue weighted by Crippen LogP contribution is -2.36. The van der Waals surface area contributed by atoms with Gasteiger partial charge in [-0.1, -0.05) is 36.4 Å². The van der Waals surface area contributed by atoms with Crippen molar-refractivity contribution in [1.82, 2.24) is 10.2 Å². The Morgan fingerprint density at radius 2 is 1.56 bits per heavy atom. The number of carbonyl (C=O) groups is 1. The summed E-state index contributed by atoms with van der Waals surface area (Å²) in [5.41, 5.74) is 3.83. The molecule has 0 aliphatic rings. The van der Waals surface area contributed by atoms with E-state index < -0.39 is 0 Å². The molecule has 1 unspecified atom stereocenters. The maximum absolute atomic E-state index is 12.5. The minimum Gasteiger partial charge on any atom is -0.497 e. The van der Waals surface area contributed by atoms with E-state index in [1.807, 2.05) is 86.9 Å². The molecule has 2 N–H and O–H groups in total. The molecular formula is C27H33N3O4. The van der Waals surface area contributed by atoms with Crippen molar-refractivity contribution in [2.24, 2.45) is 0 Å². The van der Waals surface area contributed by atoms with Crippen molar-refractivity contribution >= 4 is 11.7 Å². The second kappa shape index (κ2) is 12.6. The summed E-state index contributed by atoms with van der Waals surface area (Å²) in [6.07, 6.45) is 0. The van der Waals surface area contributed by atoms with E-state index >= 15 is 0 Å². The molecule has 3 aromatic carbocycles. The molecule has 0 aliphatic heterocycles. The zero-order valence-corrected chi connectivity index (χ0v) is 20.2. The average molecular weight is 464 g/mol. The monoisotopic (exact) mass is 463 g/mol. The third kappa shape index (κ3) is 7.50. The van der Waals surface area contributed by atoms with Gasteiger partial charge in [-0.2, -0.15) is 0 Å². The molecule has 0 heterocycles. The number of anilines is 1. The lowest BCUT2D eigenvalue weighted by molar-refractivity contribution is 0.107. The number of amides is 2. The first-order chi connectivity index (χ1) is 16.5. The molecule has 3 aromatic rings. The van der Waals surface area contributed by atoms with Gasteiger partial charge in [0.15, 0.2) is 0 Å². The van der Waals surface area contributed by atoms with Crippen LogP contribution in [0.4, 0.5) is 10.5 Å². The Morgan fingerprint density at radius 3 is 2.26 bits per heavy atom. The summed E-state index contributed by atoms with van der Waals surface area (Å²) in [7, 11) is 7.26. The summed E-state index contributed by atoms with van der Waals surface area (Å²) >= 11 is 0. The summed E-state index contributed by atoms with van der Waals surface area (Å²) in [5, 5.41) is 5.88. The highest BCUT2D eigenvalue weighted by molar-refractivity contribution is 5.89. The quantitative estimate of drug-likeness (QED) is 0.426. The highest BCUT2D eigenvalue weighted by Gasteiger charge is 2.16. The number of ether oxygens (including phenoxy) is 3. The Bertz CT molecular complexity index is 1050. The van der Waals surface area contributed by atoms with Crippen molar-refractivity contribution in [2.45, 2.75) is 19.3 Å². The van der Waals surface area contributed by atoms with E-state index in [0.29, 0.717) is 25.4 Å². The van der Waals surface area contributed by atoms with Gasteiger partial charge in [0.05, 0.1) is 33.5 Å². The number of hydrogen-bond acceptors (Lipinski definition) is 5. The van der Waals surface area contributed by atoms with Crippen LogP contribution in [0.5, 0.6) is 11.5 Å². The lowest BCUT2D eigenvalue weighted by Gasteiger charge is -2.25. The number of nitrogens with one attached hydrogen (secondary N) is 2. The first-order valence-corrected chi connectivity index (χ1v) is 11.1. The molecule has 0 spiro atoms. The van der Waals surface area contributed by atoms with Gasteiger partial charge in [0.2, 0.25) is 0 Å². The van der Waals surface area contributed by atoms with Gasteiger partial charge in [0.25, 0.3) is 0 Å². The molecule has 180 valence electrons. The average Bonchev–Trinajstić information content (AvgIpc) is 2.85. The molecule has 0 aromatic heterocycles. The largest absolute Gasteiger partial charge is 0.497 e. The number of urea groups is 1. The van der Waals surface area contributed by atoms with Gasteiger partial charge in [-0.15, -0.1) is 0 Å². The van der Waals surface area contributed by atoms with Crippen molar-refractivity contribution < 1.29 is 19.0 Å². The van der Waals surface area contributed by atoms with E-state index in [9.17, 15) is 4.79 Å². The minimum absolute atomic E-state index is 0.0125. The van der Waals surface area contributed by atoms with E-state index in [4.69, 9.17) is 14.2 Å². The van der Waals surface area contributed by atoms with Gasteiger partial charge in [-0.05, 0) is 67.2 Å². The number of carbonyl (C=O) groups excluding carboxylic acids is 1. The first kappa shape index (κ1) is 25.1. The minimum atomic E-state index is -0.258. The van der Waals surface area contributed by atoms with Gasteiger partial charge in [-0.3, -0.25) is 0 Å². The Hall–Kier alpha value is -3.55. The van der Waals surface area contributed by atoms with Crippen LogP contribution in [0.3, 0.4) is 0 Å². The molecule has 0 bridgehead atoms. The van der Waals surface area contributed by atoms with Crippen LogP contribution in [-0.2, 0) is 18.0 Å². The molecule has 0 saturated heterocycles. The standard InChI is InChI=1S/C27H33N3O4/c1-30(2)26(22-8-6-10-25(16-22)33-4)17-28-27(31)29-23-9-5-7-21(15-23)19-34-18-20-11-13-24(32-3)14-12-20/h5-16,26H,17-19H2,1-4H3,(H2,28,29,31). The van der Waals surface area contributed by atoms with Gasteiger partial charge in [0.1, 0.15) is 11.5 Å². The Morgan fingerprint density at radius 1 is 0.853 bits per heavy atom. The summed E-state index contributed by atoms with van der Waals surface area (Å²) < 4.78 is 16.3. The lowest BCUT2D eigenvalue weighted by atomic mass is 10.1. The predicted octanol–water partition coefficient (Wildman–Crippen LogP) is 4.85. The maximum Gasteiger partial charge on any atom is 0.319 e. The molecule has 2 amide bonds. The number of rotatable bonds is 11. The normalized spacial score (nSPS) is 11.7. The smallest absolute Gasteiger partial charge is 0.319 e. The second-order valence-corrected chi connectivity index (χ2v) is 8.13. The fraction of sp³-hybridized carbons (Fsp3) is 0.296. The van der Waals surface area contributed by atoms with E-state index in [0.717, 1.165) is 28.2 Å². The third-order valence-corrected chi connectivity index (χ3v) is 5.44. The third-order valence-electron chi connectivity index (χ3n) is 5.44. The summed E-state index contributed by atoms with van der Waals surface area (Å²) in [4.78, 5) is 14.6. The van der Waals surface area contributed by atoms with Crippen molar-refractivity contribution in [2.75, 3.05) is 40.2 Å². The number of nitrogens with zero attached hydrogens (tertiary/aromatic N) is 1. The van der Waals surface area contributed by atoms with Gasteiger partial charge in [0, 0.05) is 12.2 Å². The summed E-state index contributed by atoms with van der Waals surface area (Å²) in [6, 6.07) is 23.1. The molecule has 0 saturated carbocycles. The van der Waals surface area contributed by atoms with Crippen molar-refractivity contribution in [3.05, 3.63) is 89.5 Å². The highest BCUT2D eigenvalue weighted by atomic mass is 16.5. The van der Waals surface area contributed by atoms with E-state index in [-0.39, 0.29) is 12.1 Å². The second-order valence-electron chi connectivity index (χ2n) is 8.13. The Kier molecular flexibility index (Phi) is 9.31. The van der Waals surface area contributed by atoms with Gasteiger partial charge < -0.3 is 29.7 Å². The van der Waals surface area contributed by atoms with Crippen LogP contribution in [0.1, 0.15) is 22.7 Å². The number of hydrogen-bond donors (Lipinski definition) is 2. The zero-order chi connectivity index (χ0) is 24.3. The van der Waals surface area contributed by atoms with E-state index in [2.05, 4.69) is 15.5 Å². The SMILES string of the molecule is COc1ccc(COCc2cccc(NC(=O)NCC(c3cccc(OC)c3)N(C)C)c2)cc1. The van der Waals surface area contributed by atoms with Crippen LogP contribution in [0.25, 0.3) is 0 Å². The van der Waals surface area contributed by atoms with Gasteiger partial charge >= 0.3 is 6.03 Å². The van der Waals surface area contributed by atoms with E-state index in [1.54, 1.807) is 14.2 Å². The van der Waals surface area contributed by atoms with E-state index in [1.165, 1.54) is 0 Å². The van der Waals surface area contributed by atoms with Crippen LogP contribution in [0, 0.1) is 0 Å². The summed E-state index contributed by atoms with van der Waals surface area (Å²) in [6.45, 7) is 1.40. The number of likely N-dealkylation sites (N-methyl/N-ethyl adjacent to an activating group) is 1. The van der Waals surface area contributed by atoms with Crippen LogP contribution in [-0.4, -0.2) is 45.8 Å². The van der Waals surface area contributed by atoms with Crippen molar-refractivity contribution in [3.63, 3.8) is 0 Å². The first-order valence-electron chi connectivity index (χ1n) is 11.1.